The molecule has 0 saturated carbocycles. The number of benzene rings is 1. The topological polar surface area (TPSA) is 69.2 Å². The molecule has 122 valence electrons. The summed E-state index contributed by atoms with van der Waals surface area (Å²) in [5, 5.41) is 3.39. The molecule has 24 heavy (non-hydrogen) atoms. The lowest BCUT2D eigenvalue weighted by atomic mass is 10.1. The first-order valence-corrected chi connectivity index (χ1v) is 8.43. The minimum atomic E-state index is 0.0248. The second-order valence-corrected chi connectivity index (χ2v) is 6.33. The van der Waals surface area contributed by atoms with E-state index in [0.717, 1.165) is 32.9 Å². The van der Waals surface area contributed by atoms with E-state index in [1.807, 2.05) is 24.3 Å². The van der Waals surface area contributed by atoms with Gasteiger partial charge in [0.25, 0.3) is 0 Å². The van der Waals surface area contributed by atoms with Crippen molar-refractivity contribution in [2.45, 2.75) is 13.0 Å². The highest BCUT2D eigenvalue weighted by Crippen LogP contribution is 2.38. The van der Waals surface area contributed by atoms with E-state index in [2.05, 4.69) is 43.1 Å². The Labute approximate surface area is 147 Å². The van der Waals surface area contributed by atoms with Gasteiger partial charge in [-0.15, -0.1) is 0 Å². The van der Waals surface area contributed by atoms with Crippen LogP contribution in [0.25, 0.3) is 11.2 Å². The van der Waals surface area contributed by atoms with Crippen molar-refractivity contribution >= 4 is 32.9 Å². The maximum Gasteiger partial charge on any atom is 0.180 e. The Hall–Kier alpha value is -2.41. The number of pyridine rings is 1. The fourth-order valence-corrected chi connectivity index (χ4v) is 3.31. The number of hydrogen-bond acceptors (Lipinski definition) is 6. The molecule has 1 N–H and O–H groups in total. The molecular weight excluding hydrogens is 372 g/mol. The Morgan fingerprint density at radius 2 is 1.83 bits per heavy atom. The molecule has 1 aliphatic heterocycles. The highest BCUT2D eigenvalue weighted by Gasteiger charge is 2.18. The van der Waals surface area contributed by atoms with Crippen LogP contribution in [0.4, 0.5) is 5.82 Å². The Kier molecular flexibility index (Phi) is 3.93. The van der Waals surface area contributed by atoms with Crippen LogP contribution in [0.1, 0.15) is 18.5 Å². The molecular formula is C17H15BrN4O2. The fourth-order valence-electron chi connectivity index (χ4n) is 2.65. The molecule has 0 radical (unpaired) electrons. The normalized spacial score (nSPS) is 14.4. The van der Waals surface area contributed by atoms with Crippen LogP contribution in [0.3, 0.4) is 0 Å². The Morgan fingerprint density at radius 3 is 2.67 bits per heavy atom. The average molecular weight is 387 g/mol. The van der Waals surface area contributed by atoms with Crippen molar-refractivity contribution in [3.63, 3.8) is 0 Å². The molecule has 1 atom stereocenters. The molecule has 1 aliphatic rings. The Morgan fingerprint density at radius 1 is 1.08 bits per heavy atom. The quantitative estimate of drug-likeness (QED) is 0.739. The third-order valence-corrected chi connectivity index (χ3v) is 4.51. The highest BCUT2D eigenvalue weighted by atomic mass is 79.9. The minimum absolute atomic E-state index is 0.0248. The van der Waals surface area contributed by atoms with E-state index < -0.39 is 0 Å². The lowest BCUT2D eigenvalue weighted by Crippen LogP contribution is -2.16. The number of ether oxygens (including phenoxy) is 2. The SMILES string of the molecule is CC(Nc1ccc2nccnc2n1)c1cc2c(cc1Br)OCCO2. The van der Waals surface area contributed by atoms with Gasteiger partial charge < -0.3 is 14.8 Å². The van der Waals surface area contributed by atoms with Gasteiger partial charge in [-0.25, -0.2) is 9.97 Å². The van der Waals surface area contributed by atoms with Gasteiger partial charge in [0.15, 0.2) is 17.1 Å². The average Bonchev–Trinajstić information content (AvgIpc) is 2.61. The van der Waals surface area contributed by atoms with E-state index in [4.69, 9.17) is 9.47 Å². The number of fused-ring (bicyclic) bond motifs is 2. The molecule has 4 rings (SSSR count). The number of aromatic nitrogens is 3. The summed E-state index contributed by atoms with van der Waals surface area (Å²) < 4.78 is 12.2. The second-order valence-electron chi connectivity index (χ2n) is 5.48. The summed E-state index contributed by atoms with van der Waals surface area (Å²) in [6.45, 7) is 3.22. The van der Waals surface area contributed by atoms with Crippen LogP contribution in [0.5, 0.6) is 11.5 Å². The van der Waals surface area contributed by atoms with Crippen LogP contribution in [-0.4, -0.2) is 28.2 Å². The van der Waals surface area contributed by atoms with Crippen LogP contribution >= 0.6 is 15.9 Å². The zero-order valence-corrected chi connectivity index (χ0v) is 14.6. The van der Waals surface area contributed by atoms with Gasteiger partial charge in [0.05, 0.1) is 6.04 Å². The predicted molar refractivity (Wildman–Crippen MR) is 94.5 cm³/mol. The maximum atomic E-state index is 5.67. The summed E-state index contributed by atoms with van der Waals surface area (Å²) >= 11 is 3.61. The summed E-state index contributed by atoms with van der Waals surface area (Å²) in [4.78, 5) is 13.0. The van der Waals surface area contributed by atoms with Gasteiger partial charge in [-0.05, 0) is 36.8 Å². The molecule has 0 amide bonds. The van der Waals surface area contributed by atoms with Crippen molar-refractivity contribution in [2.24, 2.45) is 0 Å². The lowest BCUT2D eigenvalue weighted by Gasteiger charge is -2.22. The van der Waals surface area contributed by atoms with Gasteiger partial charge in [0.1, 0.15) is 24.5 Å². The number of anilines is 1. The molecule has 2 aromatic heterocycles. The number of nitrogens with zero attached hydrogens (tertiary/aromatic N) is 3. The van der Waals surface area contributed by atoms with Crippen molar-refractivity contribution in [3.05, 3.63) is 46.7 Å². The maximum absolute atomic E-state index is 5.67. The second kappa shape index (κ2) is 6.24. The van der Waals surface area contributed by atoms with E-state index in [1.54, 1.807) is 12.4 Å². The minimum Gasteiger partial charge on any atom is -0.486 e. The first kappa shape index (κ1) is 15.1. The van der Waals surface area contributed by atoms with E-state index in [0.29, 0.717) is 18.9 Å². The molecule has 1 aromatic carbocycles. The smallest absolute Gasteiger partial charge is 0.180 e. The summed E-state index contributed by atoms with van der Waals surface area (Å²) in [6.07, 6.45) is 3.30. The number of rotatable bonds is 3. The van der Waals surface area contributed by atoms with Gasteiger partial charge in [0.2, 0.25) is 0 Å². The monoisotopic (exact) mass is 386 g/mol. The van der Waals surface area contributed by atoms with E-state index in [-0.39, 0.29) is 6.04 Å². The molecule has 6 nitrogen and oxygen atoms in total. The number of nitrogens with one attached hydrogen (secondary N) is 1. The summed E-state index contributed by atoms with van der Waals surface area (Å²) in [6, 6.07) is 7.78. The number of halogens is 1. The molecule has 0 fully saturated rings. The first-order chi connectivity index (χ1) is 11.7. The van der Waals surface area contributed by atoms with Crippen LogP contribution in [0.15, 0.2) is 41.1 Å². The van der Waals surface area contributed by atoms with Crippen molar-refractivity contribution in [2.75, 3.05) is 18.5 Å². The highest BCUT2D eigenvalue weighted by molar-refractivity contribution is 9.10. The fraction of sp³-hybridized carbons (Fsp3) is 0.235. The van der Waals surface area contributed by atoms with Crippen molar-refractivity contribution in [1.29, 1.82) is 0 Å². The van der Waals surface area contributed by atoms with E-state index >= 15 is 0 Å². The third kappa shape index (κ3) is 2.87. The van der Waals surface area contributed by atoms with E-state index in [1.165, 1.54) is 0 Å². The van der Waals surface area contributed by atoms with Crippen LogP contribution in [-0.2, 0) is 0 Å². The standard InChI is InChI=1S/C17H15BrN4O2/c1-10(11-8-14-15(9-12(11)18)24-7-6-23-14)21-16-3-2-13-17(22-16)20-5-4-19-13/h2-5,8-10H,6-7H2,1H3,(H,20,21,22). The Balaban J connectivity index is 1.62. The number of hydrogen-bond donors (Lipinski definition) is 1. The zero-order chi connectivity index (χ0) is 16.5. The molecule has 3 heterocycles. The molecule has 0 spiro atoms. The van der Waals surface area contributed by atoms with Crippen molar-refractivity contribution in [1.82, 2.24) is 15.0 Å². The molecule has 7 heteroatoms. The van der Waals surface area contributed by atoms with Gasteiger partial charge in [-0.1, -0.05) is 15.9 Å². The summed E-state index contributed by atoms with van der Waals surface area (Å²) in [5.41, 5.74) is 2.47. The van der Waals surface area contributed by atoms with Crippen molar-refractivity contribution < 1.29 is 9.47 Å². The van der Waals surface area contributed by atoms with Crippen LogP contribution in [0, 0.1) is 0 Å². The van der Waals surface area contributed by atoms with Crippen LogP contribution < -0.4 is 14.8 Å². The van der Waals surface area contributed by atoms with Gasteiger partial charge >= 0.3 is 0 Å². The van der Waals surface area contributed by atoms with Gasteiger partial charge in [0, 0.05) is 16.9 Å². The Bertz CT molecular complexity index is 903. The van der Waals surface area contributed by atoms with Gasteiger partial charge in [-0.2, -0.15) is 0 Å². The molecule has 0 bridgehead atoms. The molecule has 1 unspecified atom stereocenters. The van der Waals surface area contributed by atoms with Crippen LogP contribution in [0.2, 0.25) is 0 Å². The lowest BCUT2D eigenvalue weighted by molar-refractivity contribution is 0.171. The molecule has 3 aromatic rings. The predicted octanol–water partition coefficient (Wildman–Crippen LogP) is 3.73. The summed E-state index contributed by atoms with van der Waals surface area (Å²) in [5.74, 6) is 2.28. The van der Waals surface area contributed by atoms with E-state index in [9.17, 15) is 0 Å². The third-order valence-electron chi connectivity index (χ3n) is 3.82. The zero-order valence-electron chi connectivity index (χ0n) is 13.0. The largest absolute Gasteiger partial charge is 0.486 e. The molecule has 0 saturated heterocycles. The van der Waals surface area contributed by atoms with Gasteiger partial charge in [-0.3, -0.25) is 4.98 Å². The van der Waals surface area contributed by atoms with Crippen molar-refractivity contribution in [3.8, 4) is 11.5 Å². The molecule has 0 aliphatic carbocycles. The summed E-state index contributed by atoms with van der Waals surface area (Å²) in [7, 11) is 0. The first-order valence-electron chi connectivity index (χ1n) is 7.64.